The summed E-state index contributed by atoms with van der Waals surface area (Å²) in [5.41, 5.74) is 1.64. The van der Waals surface area contributed by atoms with Gasteiger partial charge in [-0.15, -0.1) is 0 Å². The molecule has 2 aromatic carbocycles. The van der Waals surface area contributed by atoms with E-state index < -0.39 is 0 Å². The van der Waals surface area contributed by atoms with Gasteiger partial charge in [0.2, 0.25) is 5.91 Å². The second-order valence-electron chi connectivity index (χ2n) is 4.59. The molecular formula is C16H17IN2O2. The number of carbonyl (C=O) groups is 1. The molecule has 110 valence electrons. The van der Waals surface area contributed by atoms with Gasteiger partial charge in [-0.1, -0.05) is 6.07 Å². The lowest BCUT2D eigenvalue weighted by atomic mass is 10.2. The van der Waals surface area contributed by atoms with Crippen molar-refractivity contribution in [2.75, 3.05) is 17.7 Å². The van der Waals surface area contributed by atoms with Crippen LogP contribution in [0.5, 0.6) is 5.75 Å². The van der Waals surface area contributed by atoms with Crippen LogP contribution in [0.15, 0.2) is 48.5 Å². The van der Waals surface area contributed by atoms with Gasteiger partial charge in [-0.2, -0.15) is 0 Å². The van der Waals surface area contributed by atoms with Crippen LogP contribution in [0.4, 0.5) is 11.4 Å². The number of nitrogens with one attached hydrogen (secondary N) is 2. The van der Waals surface area contributed by atoms with Crippen LogP contribution < -0.4 is 15.4 Å². The summed E-state index contributed by atoms with van der Waals surface area (Å²) < 4.78 is 6.30. The molecule has 0 unspecified atom stereocenters. The number of methoxy groups -OCH3 is 1. The van der Waals surface area contributed by atoms with Gasteiger partial charge in [0, 0.05) is 21.0 Å². The summed E-state index contributed by atoms with van der Waals surface area (Å²) in [4.78, 5) is 12.2. The molecule has 5 heteroatoms. The number of halogens is 1. The van der Waals surface area contributed by atoms with Crippen LogP contribution in [0.2, 0.25) is 0 Å². The molecular weight excluding hydrogens is 379 g/mol. The largest absolute Gasteiger partial charge is 0.497 e. The average molecular weight is 396 g/mol. The molecule has 4 nitrogen and oxygen atoms in total. The molecule has 0 aliphatic heterocycles. The third-order valence-electron chi connectivity index (χ3n) is 2.96. The van der Waals surface area contributed by atoms with Gasteiger partial charge >= 0.3 is 0 Å². The van der Waals surface area contributed by atoms with Gasteiger partial charge in [0.1, 0.15) is 11.8 Å². The topological polar surface area (TPSA) is 50.4 Å². The Bertz CT molecular complexity index is 614. The van der Waals surface area contributed by atoms with Gasteiger partial charge in [0.05, 0.1) is 7.11 Å². The van der Waals surface area contributed by atoms with Crippen molar-refractivity contribution in [1.82, 2.24) is 0 Å². The number of ether oxygens (including phenoxy) is 1. The van der Waals surface area contributed by atoms with E-state index in [0.717, 1.165) is 14.9 Å². The summed E-state index contributed by atoms with van der Waals surface area (Å²) in [6.45, 7) is 1.83. The first-order valence-corrected chi connectivity index (χ1v) is 7.63. The quantitative estimate of drug-likeness (QED) is 0.758. The summed E-state index contributed by atoms with van der Waals surface area (Å²) >= 11 is 2.25. The number of rotatable bonds is 5. The molecule has 0 spiro atoms. The summed E-state index contributed by atoms with van der Waals surface area (Å²) in [6, 6.07) is 14.9. The van der Waals surface area contributed by atoms with Crippen molar-refractivity contribution in [2.45, 2.75) is 13.0 Å². The lowest BCUT2D eigenvalue weighted by Gasteiger charge is -2.15. The van der Waals surface area contributed by atoms with Crippen LogP contribution in [0.1, 0.15) is 6.92 Å². The maximum Gasteiger partial charge on any atom is 0.246 e. The first-order valence-electron chi connectivity index (χ1n) is 6.55. The summed E-state index contributed by atoms with van der Waals surface area (Å²) in [5, 5.41) is 6.04. The van der Waals surface area contributed by atoms with E-state index in [0.29, 0.717) is 5.75 Å². The zero-order valence-corrected chi connectivity index (χ0v) is 14.0. The third-order valence-corrected chi connectivity index (χ3v) is 3.68. The van der Waals surface area contributed by atoms with Gasteiger partial charge in [0.15, 0.2) is 0 Å². The standard InChI is InChI=1S/C16H17IN2O2/c1-11(18-13-8-6-12(17)7-9-13)16(20)19-14-4-3-5-15(10-14)21-2/h3-11,18H,1-2H3,(H,19,20)/t11-/m1/s1. The fraction of sp³-hybridized carbons (Fsp3) is 0.188. The molecule has 2 rings (SSSR count). The number of benzene rings is 2. The van der Waals surface area contributed by atoms with Gasteiger partial charge in [0.25, 0.3) is 0 Å². The number of carbonyl (C=O) groups excluding carboxylic acids is 1. The van der Waals surface area contributed by atoms with Crippen molar-refractivity contribution in [1.29, 1.82) is 0 Å². The lowest BCUT2D eigenvalue weighted by Crippen LogP contribution is -2.31. The fourth-order valence-electron chi connectivity index (χ4n) is 1.81. The number of hydrogen-bond acceptors (Lipinski definition) is 3. The molecule has 1 atom stereocenters. The Balaban J connectivity index is 1.97. The SMILES string of the molecule is COc1cccc(NC(=O)[C@@H](C)Nc2ccc(I)cc2)c1. The van der Waals surface area contributed by atoms with E-state index in [-0.39, 0.29) is 11.9 Å². The van der Waals surface area contributed by atoms with Crippen LogP contribution in [-0.4, -0.2) is 19.1 Å². The van der Waals surface area contributed by atoms with E-state index in [1.807, 2.05) is 49.4 Å². The maximum atomic E-state index is 12.2. The van der Waals surface area contributed by atoms with Gasteiger partial charge in [-0.05, 0) is 65.9 Å². The van der Waals surface area contributed by atoms with E-state index in [9.17, 15) is 4.79 Å². The second-order valence-corrected chi connectivity index (χ2v) is 5.84. The Hall–Kier alpha value is -1.76. The Kier molecular flexibility index (Phi) is 5.44. The highest BCUT2D eigenvalue weighted by atomic mass is 127. The predicted octanol–water partition coefficient (Wildman–Crippen LogP) is 3.74. The minimum atomic E-state index is -0.337. The average Bonchev–Trinajstić information content (AvgIpc) is 2.49. The summed E-state index contributed by atoms with van der Waals surface area (Å²) in [6.07, 6.45) is 0. The van der Waals surface area contributed by atoms with Crippen LogP contribution in [0, 0.1) is 3.57 Å². The van der Waals surface area contributed by atoms with Crippen molar-refractivity contribution in [3.63, 3.8) is 0 Å². The van der Waals surface area contributed by atoms with E-state index in [1.165, 1.54) is 0 Å². The van der Waals surface area contributed by atoms with Crippen molar-refractivity contribution in [3.8, 4) is 5.75 Å². The molecule has 0 saturated carbocycles. The first kappa shape index (κ1) is 15.6. The first-order chi connectivity index (χ1) is 10.1. The molecule has 2 aromatic rings. The highest BCUT2D eigenvalue weighted by molar-refractivity contribution is 14.1. The summed E-state index contributed by atoms with van der Waals surface area (Å²) in [5.74, 6) is 0.618. The Morgan fingerprint density at radius 1 is 1.14 bits per heavy atom. The van der Waals surface area contributed by atoms with Crippen molar-refractivity contribution < 1.29 is 9.53 Å². The Morgan fingerprint density at radius 2 is 1.86 bits per heavy atom. The minimum absolute atomic E-state index is 0.0956. The van der Waals surface area contributed by atoms with Crippen LogP contribution in [0.25, 0.3) is 0 Å². The molecule has 0 radical (unpaired) electrons. The monoisotopic (exact) mass is 396 g/mol. The number of amides is 1. The molecule has 0 fully saturated rings. The molecule has 0 heterocycles. The van der Waals surface area contributed by atoms with E-state index in [1.54, 1.807) is 13.2 Å². The Labute approximate surface area is 138 Å². The van der Waals surface area contributed by atoms with Crippen molar-refractivity contribution in [3.05, 3.63) is 52.1 Å². The van der Waals surface area contributed by atoms with Gasteiger partial charge in [-0.3, -0.25) is 4.79 Å². The minimum Gasteiger partial charge on any atom is -0.497 e. The van der Waals surface area contributed by atoms with Gasteiger partial charge < -0.3 is 15.4 Å². The molecule has 21 heavy (non-hydrogen) atoms. The van der Waals surface area contributed by atoms with Crippen LogP contribution in [-0.2, 0) is 4.79 Å². The highest BCUT2D eigenvalue weighted by Crippen LogP contribution is 2.17. The second kappa shape index (κ2) is 7.31. The van der Waals surface area contributed by atoms with E-state index in [4.69, 9.17) is 4.74 Å². The predicted molar refractivity (Wildman–Crippen MR) is 93.9 cm³/mol. The normalized spacial score (nSPS) is 11.6. The Morgan fingerprint density at radius 3 is 2.52 bits per heavy atom. The molecule has 0 aromatic heterocycles. The third kappa shape index (κ3) is 4.63. The van der Waals surface area contributed by atoms with Crippen molar-refractivity contribution in [2.24, 2.45) is 0 Å². The zero-order valence-electron chi connectivity index (χ0n) is 11.9. The molecule has 0 bridgehead atoms. The highest BCUT2D eigenvalue weighted by Gasteiger charge is 2.13. The van der Waals surface area contributed by atoms with E-state index >= 15 is 0 Å². The maximum absolute atomic E-state index is 12.2. The summed E-state index contributed by atoms with van der Waals surface area (Å²) in [7, 11) is 1.60. The molecule has 0 aliphatic rings. The number of anilines is 2. The van der Waals surface area contributed by atoms with Crippen molar-refractivity contribution >= 4 is 39.9 Å². The smallest absolute Gasteiger partial charge is 0.246 e. The van der Waals surface area contributed by atoms with Crippen LogP contribution in [0.3, 0.4) is 0 Å². The lowest BCUT2D eigenvalue weighted by molar-refractivity contribution is -0.116. The molecule has 1 amide bonds. The molecule has 0 aliphatic carbocycles. The molecule has 0 saturated heterocycles. The van der Waals surface area contributed by atoms with Gasteiger partial charge in [-0.25, -0.2) is 0 Å². The van der Waals surface area contributed by atoms with E-state index in [2.05, 4.69) is 33.2 Å². The molecule has 2 N–H and O–H groups in total. The zero-order chi connectivity index (χ0) is 15.2. The van der Waals surface area contributed by atoms with Crippen LogP contribution >= 0.6 is 22.6 Å². The fourth-order valence-corrected chi connectivity index (χ4v) is 2.17. The number of hydrogen-bond donors (Lipinski definition) is 2.